The van der Waals surface area contributed by atoms with Gasteiger partial charge in [0.25, 0.3) is 0 Å². The zero-order valence-corrected chi connectivity index (χ0v) is 14.1. The molecule has 1 fully saturated rings. The number of halogens is 2. The van der Waals surface area contributed by atoms with Crippen molar-refractivity contribution in [1.82, 2.24) is 4.72 Å². The third-order valence-electron chi connectivity index (χ3n) is 3.84. The van der Waals surface area contributed by atoms with Crippen LogP contribution in [0.5, 0.6) is 0 Å². The molecule has 1 aromatic rings. The molecule has 2 N–H and O–H groups in total. The highest BCUT2D eigenvalue weighted by molar-refractivity contribution is 7.89. The summed E-state index contributed by atoms with van der Waals surface area (Å²) in [6.45, 7) is 2.05. The molecule has 7 heteroatoms. The molecule has 4 nitrogen and oxygen atoms in total. The molecule has 0 amide bonds. The molecule has 0 aliphatic heterocycles. The average Bonchev–Trinajstić information content (AvgIpc) is 2.39. The molecule has 0 heterocycles. The van der Waals surface area contributed by atoms with Gasteiger partial charge in [-0.3, -0.25) is 0 Å². The van der Waals surface area contributed by atoms with Gasteiger partial charge in [0.2, 0.25) is 10.0 Å². The number of rotatable bonds is 4. The van der Waals surface area contributed by atoms with E-state index in [4.69, 9.17) is 23.2 Å². The summed E-state index contributed by atoms with van der Waals surface area (Å²) in [5, 5.41) is 10.9. The normalized spacial score (nSPS) is 26.8. The van der Waals surface area contributed by atoms with Gasteiger partial charge in [-0.25, -0.2) is 13.1 Å². The minimum absolute atomic E-state index is 0.0114. The van der Waals surface area contributed by atoms with Gasteiger partial charge in [0.05, 0.1) is 10.6 Å². The Hall–Kier alpha value is -0.330. The summed E-state index contributed by atoms with van der Waals surface area (Å²) in [7, 11) is -3.79. The first-order chi connectivity index (χ1) is 9.72. The van der Waals surface area contributed by atoms with Crippen molar-refractivity contribution in [2.75, 3.05) is 6.54 Å². The van der Waals surface area contributed by atoms with Gasteiger partial charge in [-0.2, -0.15) is 0 Å². The van der Waals surface area contributed by atoms with Crippen LogP contribution in [0.2, 0.25) is 10.0 Å². The largest absolute Gasteiger partial charge is 0.389 e. The number of hydrogen-bond acceptors (Lipinski definition) is 3. The van der Waals surface area contributed by atoms with Crippen LogP contribution in [0.3, 0.4) is 0 Å². The Bertz CT molecular complexity index is 621. The number of benzene rings is 1. The number of hydrogen-bond donors (Lipinski definition) is 2. The lowest BCUT2D eigenvalue weighted by Crippen LogP contribution is -2.45. The summed E-state index contributed by atoms with van der Waals surface area (Å²) in [5.41, 5.74) is -0.990. The maximum absolute atomic E-state index is 12.3. The van der Waals surface area contributed by atoms with E-state index in [2.05, 4.69) is 11.6 Å². The van der Waals surface area contributed by atoms with E-state index in [0.29, 0.717) is 23.8 Å². The lowest BCUT2D eigenvalue weighted by atomic mass is 9.79. The lowest BCUT2D eigenvalue weighted by molar-refractivity contribution is -0.00751. The summed E-state index contributed by atoms with van der Waals surface area (Å²) in [4.78, 5) is -0.0656. The van der Waals surface area contributed by atoms with E-state index < -0.39 is 15.6 Å². The number of nitrogens with one attached hydrogen (secondary N) is 1. The minimum atomic E-state index is -3.79. The first kappa shape index (κ1) is 17.0. The van der Waals surface area contributed by atoms with Crippen molar-refractivity contribution >= 4 is 33.2 Å². The first-order valence-electron chi connectivity index (χ1n) is 6.89. The molecular formula is C14H19Cl2NO3S. The van der Waals surface area contributed by atoms with Gasteiger partial charge in [-0.05, 0) is 37.0 Å². The van der Waals surface area contributed by atoms with Crippen molar-refractivity contribution in [3.05, 3.63) is 28.2 Å². The van der Waals surface area contributed by atoms with Crippen molar-refractivity contribution in [1.29, 1.82) is 0 Å². The summed E-state index contributed by atoms with van der Waals surface area (Å²) in [6.07, 6.45) is 3.16. The van der Waals surface area contributed by atoms with Gasteiger partial charge in [-0.15, -0.1) is 0 Å². The second-order valence-electron chi connectivity index (χ2n) is 5.83. The number of aliphatic hydroxyl groups is 1. The molecule has 2 rings (SSSR count). The summed E-state index contributed by atoms with van der Waals surface area (Å²) in [5.74, 6) is 0.392. The van der Waals surface area contributed by atoms with Gasteiger partial charge >= 0.3 is 0 Å². The topological polar surface area (TPSA) is 66.4 Å². The molecule has 0 saturated heterocycles. The van der Waals surface area contributed by atoms with Crippen LogP contribution in [-0.4, -0.2) is 25.7 Å². The predicted molar refractivity (Wildman–Crippen MR) is 84.2 cm³/mol. The molecule has 0 spiro atoms. The molecule has 0 radical (unpaired) electrons. The molecule has 1 aliphatic carbocycles. The zero-order chi connectivity index (χ0) is 15.7. The van der Waals surface area contributed by atoms with E-state index >= 15 is 0 Å². The highest BCUT2D eigenvalue weighted by Gasteiger charge is 2.34. The summed E-state index contributed by atoms with van der Waals surface area (Å²) in [6, 6.07) is 4.27. The minimum Gasteiger partial charge on any atom is -0.389 e. The maximum Gasteiger partial charge on any atom is 0.242 e. The first-order valence-corrected chi connectivity index (χ1v) is 9.13. The monoisotopic (exact) mass is 351 g/mol. The third kappa shape index (κ3) is 4.33. The standard InChI is InChI=1S/C14H19Cl2NO3S/c1-10-3-2-6-14(18,8-10)9-17-21(19,20)13-7-11(15)4-5-12(13)16/h4-5,7,10,17-18H,2-3,6,8-9H2,1H3. The molecular weight excluding hydrogens is 333 g/mol. The van der Waals surface area contributed by atoms with Gasteiger partial charge in [0, 0.05) is 11.6 Å². The Morgan fingerprint density at radius 1 is 1.43 bits per heavy atom. The van der Waals surface area contributed by atoms with E-state index in [-0.39, 0.29) is 16.5 Å². The zero-order valence-electron chi connectivity index (χ0n) is 11.8. The van der Waals surface area contributed by atoms with Gasteiger partial charge in [0.15, 0.2) is 0 Å². The van der Waals surface area contributed by atoms with E-state index in [1.165, 1.54) is 18.2 Å². The second kappa shape index (κ2) is 6.42. The van der Waals surface area contributed by atoms with Crippen LogP contribution in [0, 0.1) is 5.92 Å². The van der Waals surface area contributed by atoms with Crippen LogP contribution in [0.4, 0.5) is 0 Å². The highest BCUT2D eigenvalue weighted by atomic mass is 35.5. The van der Waals surface area contributed by atoms with Crippen LogP contribution in [0.1, 0.15) is 32.6 Å². The predicted octanol–water partition coefficient (Wildman–Crippen LogP) is 3.21. The second-order valence-corrected chi connectivity index (χ2v) is 8.40. The fourth-order valence-electron chi connectivity index (χ4n) is 2.78. The van der Waals surface area contributed by atoms with Gasteiger partial charge in [-0.1, -0.05) is 43.0 Å². The van der Waals surface area contributed by atoms with E-state index in [1.807, 2.05) is 0 Å². The van der Waals surface area contributed by atoms with Crippen molar-refractivity contribution in [2.45, 2.75) is 43.1 Å². The summed E-state index contributed by atoms with van der Waals surface area (Å²) < 4.78 is 27.1. The third-order valence-corrected chi connectivity index (χ3v) is 5.96. The molecule has 118 valence electrons. The van der Waals surface area contributed by atoms with E-state index in [9.17, 15) is 13.5 Å². The SMILES string of the molecule is CC1CCCC(O)(CNS(=O)(=O)c2cc(Cl)ccc2Cl)C1. The van der Waals surface area contributed by atoms with Crippen molar-refractivity contribution < 1.29 is 13.5 Å². The Morgan fingerprint density at radius 3 is 2.81 bits per heavy atom. The van der Waals surface area contributed by atoms with Crippen LogP contribution >= 0.6 is 23.2 Å². The molecule has 0 aromatic heterocycles. The Kier molecular flexibility index (Phi) is 5.21. The Labute approximate surface area is 135 Å². The smallest absolute Gasteiger partial charge is 0.242 e. The molecule has 0 bridgehead atoms. The Morgan fingerprint density at radius 2 is 2.14 bits per heavy atom. The van der Waals surface area contributed by atoms with Crippen LogP contribution in [0.15, 0.2) is 23.1 Å². The van der Waals surface area contributed by atoms with E-state index in [1.54, 1.807) is 0 Å². The quantitative estimate of drug-likeness (QED) is 0.874. The van der Waals surface area contributed by atoms with Crippen molar-refractivity contribution in [2.24, 2.45) is 5.92 Å². The summed E-state index contributed by atoms with van der Waals surface area (Å²) >= 11 is 11.7. The van der Waals surface area contributed by atoms with Gasteiger partial charge < -0.3 is 5.11 Å². The average molecular weight is 352 g/mol. The maximum atomic E-state index is 12.3. The van der Waals surface area contributed by atoms with Gasteiger partial charge in [0.1, 0.15) is 4.90 Å². The van der Waals surface area contributed by atoms with Crippen molar-refractivity contribution in [3.63, 3.8) is 0 Å². The molecule has 2 atom stereocenters. The van der Waals surface area contributed by atoms with E-state index in [0.717, 1.165) is 12.8 Å². The van der Waals surface area contributed by atoms with Crippen LogP contribution < -0.4 is 4.72 Å². The van der Waals surface area contributed by atoms with Crippen molar-refractivity contribution in [3.8, 4) is 0 Å². The molecule has 1 aliphatic rings. The fourth-order valence-corrected chi connectivity index (χ4v) is 4.66. The molecule has 2 unspecified atom stereocenters. The van der Waals surface area contributed by atoms with Crippen LogP contribution in [-0.2, 0) is 10.0 Å². The number of sulfonamides is 1. The Balaban J connectivity index is 2.13. The highest BCUT2D eigenvalue weighted by Crippen LogP contribution is 2.32. The molecule has 1 saturated carbocycles. The molecule has 1 aromatic carbocycles. The van der Waals surface area contributed by atoms with Crippen LogP contribution in [0.25, 0.3) is 0 Å². The fraction of sp³-hybridized carbons (Fsp3) is 0.571. The molecule has 21 heavy (non-hydrogen) atoms. The lowest BCUT2D eigenvalue weighted by Gasteiger charge is -2.35.